The average Bonchev–Trinajstić information content (AvgIpc) is 3.23. The molecule has 0 aliphatic heterocycles. The van der Waals surface area contributed by atoms with Crippen LogP contribution in [0.2, 0.25) is 0 Å². The summed E-state index contributed by atoms with van der Waals surface area (Å²) in [5.41, 5.74) is 0. The Kier molecular flexibility index (Phi) is 41.8. The van der Waals surface area contributed by atoms with E-state index in [1.165, 1.54) is 153 Å². The predicted octanol–water partition coefficient (Wildman–Crippen LogP) is 10.9. The molecule has 0 saturated carbocycles. The van der Waals surface area contributed by atoms with E-state index in [2.05, 4.69) is 24.5 Å². The van der Waals surface area contributed by atoms with Crippen LogP contribution in [-0.2, 0) is 42.3 Å². The highest BCUT2D eigenvalue weighted by molar-refractivity contribution is 7.47. The van der Waals surface area contributed by atoms with E-state index in [1.807, 2.05) is 0 Å². The van der Waals surface area contributed by atoms with Gasteiger partial charge < -0.3 is 29.9 Å². The summed E-state index contributed by atoms with van der Waals surface area (Å²) in [6, 6.07) is 0. The van der Waals surface area contributed by atoms with Gasteiger partial charge in [0.15, 0.2) is 6.10 Å². The number of carbonyl (C=O) groups excluding carboxylic acids is 4. The molecule has 0 aromatic heterocycles. The molecule has 0 heterocycles. The van der Waals surface area contributed by atoms with E-state index in [-0.39, 0.29) is 51.6 Å². The van der Waals surface area contributed by atoms with Crippen molar-refractivity contribution < 1.29 is 47.2 Å². The minimum absolute atomic E-state index is 0.0898. The molecule has 0 fully saturated rings. The molecule has 61 heavy (non-hydrogen) atoms. The largest absolute Gasteiger partial charge is 0.472 e. The monoisotopic (exact) mass is 890 g/mol. The molecule has 0 saturated heterocycles. The highest BCUT2D eigenvalue weighted by Crippen LogP contribution is 2.43. The van der Waals surface area contributed by atoms with Gasteiger partial charge in [0, 0.05) is 26.4 Å². The first-order chi connectivity index (χ1) is 29.5. The second kappa shape index (κ2) is 43.2. The zero-order valence-electron chi connectivity index (χ0n) is 39.5. The smallest absolute Gasteiger partial charge is 0.462 e. The fourth-order valence-electron chi connectivity index (χ4n) is 7.11. The van der Waals surface area contributed by atoms with Crippen LogP contribution in [0.5, 0.6) is 0 Å². The molecular formula is C47H92N3O10P. The maximum absolute atomic E-state index is 12.8. The Morgan fingerprint density at radius 1 is 0.574 bits per heavy atom. The van der Waals surface area contributed by atoms with Crippen molar-refractivity contribution in [3.63, 3.8) is 0 Å². The number of likely N-dealkylation sites (N-methyl/N-ethyl adjacent to an activating group) is 2. The molecular weight excluding hydrogens is 798 g/mol. The minimum atomic E-state index is -4.61. The van der Waals surface area contributed by atoms with Crippen LogP contribution in [0.15, 0.2) is 0 Å². The highest BCUT2D eigenvalue weighted by atomic mass is 31.2. The summed E-state index contributed by atoms with van der Waals surface area (Å²) < 4.78 is 33.7. The van der Waals surface area contributed by atoms with E-state index >= 15 is 0 Å². The Morgan fingerprint density at radius 3 is 1.38 bits per heavy atom. The van der Waals surface area contributed by atoms with Crippen molar-refractivity contribution in [2.45, 2.75) is 225 Å². The first-order valence-corrected chi connectivity index (χ1v) is 26.2. The molecule has 360 valence electrons. The number of phosphoric ester groups is 1. The zero-order valence-corrected chi connectivity index (χ0v) is 40.4. The van der Waals surface area contributed by atoms with Gasteiger partial charge in [-0.25, -0.2) is 4.57 Å². The third-order valence-corrected chi connectivity index (χ3v) is 11.9. The van der Waals surface area contributed by atoms with E-state index < -0.39 is 38.4 Å². The van der Waals surface area contributed by atoms with Crippen molar-refractivity contribution in [1.29, 1.82) is 0 Å². The molecule has 0 radical (unpaired) electrons. The van der Waals surface area contributed by atoms with Crippen molar-refractivity contribution in [3.8, 4) is 0 Å². The number of carbonyl (C=O) groups is 4. The summed E-state index contributed by atoms with van der Waals surface area (Å²) in [6.45, 7) is 3.14. The van der Waals surface area contributed by atoms with Crippen molar-refractivity contribution in [2.75, 3.05) is 53.6 Å². The molecule has 0 aromatic rings. The standard InChI is InChI=1S/C47H92N3O10P/c1-5-7-9-11-13-15-17-19-21-23-25-27-29-31-33-35-46(53)57-41-43(42-59-61(55,56)58-38-37-49-44(51)40-50(4)45(52)39-48-3)60-47(54)36-34-32-30-28-26-24-22-20-18-16-14-12-10-8-6-2/h43,48H,5-42H2,1-4H3,(H,49,51)(H,55,56). The molecule has 2 unspecified atom stereocenters. The fourth-order valence-corrected chi connectivity index (χ4v) is 7.86. The summed E-state index contributed by atoms with van der Waals surface area (Å²) in [5, 5.41) is 5.24. The number of hydrogen-bond donors (Lipinski definition) is 3. The maximum atomic E-state index is 12.8. The van der Waals surface area contributed by atoms with Crippen LogP contribution < -0.4 is 10.6 Å². The van der Waals surface area contributed by atoms with Gasteiger partial charge in [-0.05, 0) is 19.9 Å². The topological polar surface area (TPSA) is 170 Å². The molecule has 2 amide bonds. The van der Waals surface area contributed by atoms with Crippen LogP contribution in [0.3, 0.4) is 0 Å². The van der Waals surface area contributed by atoms with Crippen molar-refractivity contribution >= 4 is 31.6 Å². The number of nitrogens with one attached hydrogen (secondary N) is 2. The molecule has 13 nitrogen and oxygen atoms in total. The predicted molar refractivity (Wildman–Crippen MR) is 246 cm³/mol. The number of phosphoric acid groups is 1. The summed E-state index contributed by atoms with van der Waals surface area (Å²) in [4.78, 5) is 60.8. The average molecular weight is 890 g/mol. The van der Waals surface area contributed by atoms with Crippen LogP contribution in [0.4, 0.5) is 0 Å². The summed E-state index contributed by atoms with van der Waals surface area (Å²) in [5.74, 6) is -1.63. The third kappa shape index (κ3) is 41.7. The number of ether oxygens (including phenoxy) is 2. The van der Waals surface area contributed by atoms with E-state index in [9.17, 15) is 28.6 Å². The lowest BCUT2D eigenvalue weighted by atomic mass is 10.0. The van der Waals surface area contributed by atoms with Crippen LogP contribution in [0.1, 0.15) is 219 Å². The SMILES string of the molecule is CCCCCCCCCCCCCCCCCC(=O)OCC(COP(=O)(O)OCCNC(=O)CN(C)C(=O)CNC)OC(=O)CCCCCCCCCCCCCCCCC. The molecule has 0 aliphatic carbocycles. The van der Waals surface area contributed by atoms with Crippen LogP contribution in [0, 0.1) is 0 Å². The summed E-state index contributed by atoms with van der Waals surface area (Å²) >= 11 is 0. The van der Waals surface area contributed by atoms with Gasteiger partial charge >= 0.3 is 19.8 Å². The lowest BCUT2D eigenvalue weighted by molar-refractivity contribution is -0.161. The molecule has 14 heteroatoms. The quantitative estimate of drug-likeness (QED) is 0.0302. The normalized spacial score (nSPS) is 12.8. The lowest BCUT2D eigenvalue weighted by Gasteiger charge is -2.20. The second-order valence-electron chi connectivity index (χ2n) is 16.9. The molecule has 0 aliphatic rings. The van der Waals surface area contributed by atoms with Crippen molar-refractivity contribution in [1.82, 2.24) is 15.5 Å². The second-order valence-corrected chi connectivity index (χ2v) is 18.4. The van der Waals surface area contributed by atoms with Gasteiger partial charge in [-0.15, -0.1) is 0 Å². The molecule has 0 spiro atoms. The van der Waals surface area contributed by atoms with Crippen molar-refractivity contribution in [3.05, 3.63) is 0 Å². The number of esters is 2. The number of nitrogens with zero attached hydrogens (tertiary/aromatic N) is 1. The zero-order chi connectivity index (χ0) is 45.1. The lowest BCUT2D eigenvalue weighted by Crippen LogP contribution is -2.42. The number of rotatable bonds is 46. The molecule has 0 bridgehead atoms. The Morgan fingerprint density at radius 2 is 0.967 bits per heavy atom. The Labute approximate surface area is 372 Å². The third-order valence-electron chi connectivity index (χ3n) is 10.9. The van der Waals surface area contributed by atoms with Gasteiger partial charge in [-0.2, -0.15) is 0 Å². The van der Waals surface area contributed by atoms with Gasteiger partial charge in [0.05, 0.1) is 26.3 Å². The van der Waals surface area contributed by atoms with Crippen LogP contribution in [0.25, 0.3) is 0 Å². The number of unbranched alkanes of at least 4 members (excludes halogenated alkanes) is 28. The first-order valence-electron chi connectivity index (χ1n) is 24.7. The van der Waals surface area contributed by atoms with Gasteiger partial charge in [-0.3, -0.25) is 28.2 Å². The molecule has 2 atom stereocenters. The fraction of sp³-hybridized carbons (Fsp3) is 0.915. The molecule has 0 rings (SSSR count). The van der Waals surface area contributed by atoms with Crippen LogP contribution >= 0.6 is 7.82 Å². The highest BCUT2D eigenvalue weighted by Gasteiger charge is 2.26. The van der Waals surface area contributed by atoms with E-state index in [0.717, 1.165) is 38.5 Å². The van der Waals surface area contributed by atoms with Gasteiger partial charge in [0.2, 0.25) is 11.8 Å². The summed E-state index contributed by atoms with van der Waals surface area (Å²) in [7, 11) is -1.49. The maximum Gasteiger partial charge on any atom is 0.472 e. The summed E-state index contributed by atoms with van der Waals surface area (Å²) in [6.07, 6.45) is 36.0. The Hall–Kier alpha value is -2.05. The molecule has 3 N–H and O–H groups in total. The number of amides is 2. The van der Waals surface area contributed by atoms with Crippen molar-refractivity contribution in [2.24, 2.45) is 0 Å². The number of hydrogen-bond acceptors (Lipinski definition) is 10. The minimum Gasteiger partial charge on any atom is -0.462 e. The first kappa shape index (κ1) is 58.9. The Bertz CT molecular complexity index is 1110. The van der Waals surface area contributed by atoms with Crippen LogP contribution in [-0.4, -0.2) is 93.2 Å². The Balaban J connectivity index is 4.55. The van der Waals surface area contributed by atoms with E-state index in [0.29, 0.717) is 12.8 Å². The van der Waals surface area contributed by atoms with E-state index in [4.69, 9.17) is 18.5 Å². The van der Waals surface area contributed by atoms with Gasteiger partial charge in [0.25, 0.3) is 0 Å². The van der Waals surface area contributed by atoms with Gasteiger partial charge in [0.1, 0.15) is 6.61 Å². The van der Waals surface area contributed by atoms with Gasteiger partial charge in [-0.1, -0.05) is 194 Å². The van der Waals surface area contributed by atoms with E-state index in [1.54, 1.807) is 7.05 Å². The molecule has 0 aromatic carbocycles.